The highest BCUT2D eigenvalue weighted by atomic mass is 15.1. The quantitative estimate of drug-likeness (QED) is 0.634. The Hall–Kier alpha value is -1.45. The molecule has 0 unspecified atom stereocenters. The normalized spacial score (nSPS) is 12.3. The van der Waals surface area contributed by atoms with Gasteiger partial charge < -0.3 is 4.57 Å². The Morgan fingerprint density at radius 2 is 1.93 bits per heavy atom. The highest BCUT2D eigenvalue weighted by molar-refractivity contribution is 5.65. The number of hydrogen-bond donors (Lipinski definition) is 0. The maximum Gasteiger partial charge on any atom is 0.197 e. The number of fused-ring (bicyclic) bond motifs is 1. The van der Waals surface area contributed by atoms with Crippen LogP contribution in [0.25, 0.3) is 11.3 Å². The molecule has 4 heteroatoms. The van der Waals surface area contributed by atoms with E-state index in [-0.39, 0.29) is 5.41 Å². The van der Waals surface area contributed by atoms with E-state index in [1.807, 2.05) is 17.8 Å². The Morgan fingerprint density at radius 1 is 1.21 bits per heavy atom. The summed E-state index contributed by atoms with van der Waals surface area (Å²) >= 11 is 0. The minimum Gasteiger partial charge on any atom is -0.317 e. The SMILES string of the molecule is Cn1cnc2nc(C(C)(C)C)cnc21. The number of rotatable bonds is 0. The molecule has 0 atom stereocenters. The molecule has 0 aromatic carbocycles. The molecule has 0 aliphatic rings. The average Bonchev–Trinajstić information content (AvgIpc) is 2.46. The molecule has 14 heavy (non-hydrogen) atoms. The molecule has 0 fully saturated rings. The van der Waals surface area contributed by atoms with E-state index in [9.17, 15) is 0 Å². The number of hydrogen-bond acceptors (Lipinski definition) is 3. The largest absolute Gasteiger partial charge is 0.317 e. The van der Waals surface area contributed by atoms with Crippen LogP contribution in [0.4, 0.5) is 0 Å². The molecular formula is C10H14N4. The summed E-state index contributed by atoms with van der Waals surface area (Å²) in [6.45, 7) is 6.35. The van der Waals surface area contributed by atoms with Crippen LogP contribution in [0.1, 0.15) is 26.5 Å². The number of nitrogens with zero attached hydrogens (tertiary/aromatic N) is 4. The zero-order valence-corrected chi connectivity index (χ0v) is 8.94. The van der Waals surface area contributed by atoms with Crippen molar-refractivity contribution in [2.45, 2.75) is 26.2 Å². The van der Waals surface area contributed by atoms with Crippen LogP contribution in [0.15, 0.2) is 12.5 Å². The van der Waals surface area contributed by atoms with E-state index in [0.717, 1.165) is 17.0 Å². The third-order valence-electron chi connectivity index (χ3n) is 2.19. The Balaban J connectivity index is 2.63. The summed E-state index contributed by atoms with van der Waals surface area (Å²) in [4.78, 5) is 13.0. The fraction of sp³-hybridized carbons (Fsp3) is 0.500. The van der Waals surface area contributed by atoms with Crippen molar-refractivity contribution < 1.29 is 0 Å². The minimum absolute atomic E-state index is 0.0265. The van der Waals surface area contributed by atoms with Gasteiger partial charge in [0, 0.05) is 12.5 Å². The number of aromatic nitrogens is 4. The van der Waals surface area contributed by atoms with E-state index in [1.54, 1.807) is 6.33 Å². The summed E-state index contributed by atoms with van der Waals surface area (Å²) in [6.07, 6.45) is 3.56. The van der Waals surface area contributed by atoms with E-state index < -0.39 is 0 Å². The minimum atomic E-state index is 0.0265. The van der Waals surface area contributed by atoms with Gasteiger partial charge in [0.25, 0.3) is 0 Å². The lowest BCUT2D eigenvalue weighted by molar-refractivity contribution is 0.568. The lowest BCUT2D eigenvalue weighted by atomic mass is 9.93. The van der Waals surface area contributed by atoms with Gasteiger partial charge in [-0.3, -0.25) is 0 Å². The van der Waals surface area contributed by atoms with E-state index in [2.05, 4.69) is 35.7 Å². The highest BCUT2D eigenvalue weighted by Crippen LogP contribution is 2.20. The topological polar surface area (TPSA) is 43.6 Å². The standard InChI is InChI=1S/C10H14N4/c1-10(2,3)7-5-11-9-8(13-7)12-6-14(9)4/h5-6H,1-4H3. The van der Waals surface area contributed by atoms with Crippen LogP contribution < -0.4 is 0 Å². The molecule has 2 heterocycles. The molecular weight excluding hydrogens is 176 g/mol. The van der Waals surface area contributed by atoms with Crippen molar-refractivity contribution in [2.24, 2.45) is 7.05 Å². The monoisotopic (exact) mass is 190 g/mol. The van der Waals surface area contributed by atoms with E-state index in [0.29, 0.717) is 0 Å². The van der Waals surface area contributed by atoms with E-state index >= 15 is 0 Å². The van der Waals surface area contributed by atoms with Gasteiger partial charge in [-0.25, -0.2) is 15.0 Å². The summed E-state index contributed by atoms with van der Waals surface area (Å²) in [5, 5.41) is 0. The lowest BCUT2D eigenvalue weighted by Gasteiger charge is -2.16. The molecule has 2 aromatic rings. The summed E-state index contributed by atoms with van der Waals surface area (Å²) in [5.74, 6) is 0. The molecule has 0 N–H and O–H groups in total. The van der Waals surface area contributed by atoms with Crippen molar-refractivity contribution in [3.8, 4) is 0 Å². The highest BCUT2D eigenvalue weighted by Gasteiger charge is 2.17. The molecule has 0 saturated heterocycles. The fourth-order valence-corrected chi connectivity index (χ4v) is 1.27. The molecule has 0 amide bonds. The Labute approximate surface area is 83.0 Å². The van der Waals surface area contributed by atoms with E-state index in [1.165, 1.54) is 0 Å². The predicted molar refractivity (Wildman–Crippen MR) is 55.0 cm³/mol. The van der Waals surface area contributed by atoms with Crippen molar-refractivity contribution in [1.82, 2.24) is 19.5 Å². The molecule has 4 nitrogen and oxygen atoms in total. The summed E-state index contributed by atoms with van der Waals surface area (Å²) < 4.78 is 1.87. The Bertz CT molecular complexity index is 464. The van der Waals surface area contributed by atoms with Crippen molar-refractivity contribution in [2.75, 3.05) is 0 Å². The molecule has 0 radical (unpaired) electrons. The second-order valence-electron chi connectivity index (χ2n) is 4.51. The lowest BCUT2D eigenvalue weighted by Crippen LogP contribution is -2.14. The third-order valence-corrected chi connectivity index (χ3v) is 2.19. The molecule has 2 aromatic heterocycles. The zero-order valence-electron chi connectivity index (χ0n) is 8.94. The molecule has 0 bridgehead atoms. The van der Waals surface area contributed by atoms with Crippen LogP contribution in [-0.2, 0) is 12.5 Å². The molecule has 74 valence electrons. The molecule has 2 rings (SSSR count). The Kier molecular flexibility index (Phi) is 1.80. The first-order valence-electron chi connectivity index (χ1n) is 4.63. The van der Waals surface area contributed by atoms with Crippen LogP contribution in [0, 0.1) is 0 Å². The molecule has 0 aliphatic carbocycles. The van der Waals surface area contributed by atoms with Gasteiger partial charge in [-0.15, -0.1) is 0 Å². The van der Waals surface area contributed by atoms with Crippen molar-refractivity contribution >= 4 is 11.3 Å². The van der Waals surface area contributed by atoms with Gasteiger partial charge in [0.1, 0.15) is 0 Å². The summed E-state index contributed by atoms with van der Waals surface area (Å²) in [6, 6.07) is 0. The van der Waals surface area contributed by atoms with Crippen LogP contribution >= 0.6 is 0 Å². The van der Waals surface area contributed by atoms with Gasteiger partial charge in [0.15, 0.2) is 11.3 Å². The number of imidazole rings is 1. The van der Waals surface area contributed by atoms with Gasteiger partial charge >= 0.3 is 0 Å². The van der Waals surface area contributed by atoms with Gasteiger partial charge in [-0.1, -0.05) is 20.8 Å². The third kappa shape index (κ3) is 1.36. The Morgan fingerprint density at radius 3 is 2.57 bits per heavy atom. The molecule has 0 spiro atoms. The second-order valence-corrected chi connectivity index (χ2v) is 4.51. The summed E-state index contributed by atoms with van der Waals surface area (Å²) in [5.41, 5.74) is 2.56. The zero-order chi connectivity index (χ0) is 10.3. The smallest absolute Gasteiger partial charge is 0.197 e. The van der Waals surface area contributed by atoms with Gasteiger partial charge in [0.05, 0.1) is 18.2 Å². The van der Waals surface area contributed by atoms with Crippen LogP contribution in [0.3, 0.4) is 0 Å². The van der Waals surface area contributed by atoms with Crippen LogP contribution in [0.5, 0.6) is 0 Å². The van der Waals surface area contributed by atoms with Gasteiger partial charge in [-0.05, 0) is 0 Å². The first kappa shape index (κ1) is 9.12. The van der Waals surface area contributed by atoms with Crippen molar-refractivity contribution in [3.05, 3.63) is 18.2 Å². The number of aryl methyl sites for hydroxylation is 1. The fourth-order valence-electron chi connectivity index (χ4n) is 1.27. The predicted octanol–water partition coefficient (Wildman–Crippen LogP) is 1.66. The van der Waals surface area contributed by atoms with Gasteiger partial charge in [0.2, 0.25) is 0 Å². The molecule has 0 aliphatic heterocycles. The maximum atomic E-state index is 4.47. The van der Waals surface area contributed by atoms with Crippen LogP contribution in [-0.4, -0.2) is 19.5 Å². The first-order valence-corrected chi connectivity index (χ1v) is 4.63. The van der Waals surface area contributed by atoms with Crippen molar-refractivity contribution in [1.29, 1.82) is 0 Å². The van der Waals surface area contributed by atoms with E-state index in [4.69, 9.17) is 0 Å². The summed E-state index contributed by atoms with van der Waals surface area (Å²) in [7, 11) is 1.92. The van der Waals surface area contributed by atoms with Gasteiger partial charge in [-0.2, -0.15) is 0 Å². The van der Waals surface area contributed by atoms with Crippen molar-refractivity contribution in [3.63, 3.8) is 0 Å². The maximum absolute atomic E-state index is 4.47. The average molecular weight is 190 g/mol. The molecule has 0 saturated carbocycles. The second kappa shape index (κ2) is 2.77. The van der Waals surface area contributed by atoms with Crippen LogP contribution in [0.2, 0.25) is 0 Å². The first-order chi connectivity index (χ1) is 6.48.